The minimum absolute atomic E-state index is 0.151. The Labute approximate surface area is 229 Å². The lowest BCUT2D eigenvalue weighted by Crippen LogP contribution is -2.22. The molecule has 204 valence electrons. The number of carbonyl (C=O) groups is 1. The van der Waals surface area contributed by atoms with Gasteiger partial charge in [-0.3, -0.25) is 4.79 Å². The van der Waals surface area contributed by atoms with Crippen LogP contribution in [0.25, 0.3) is 11.1 Å². The van der Waals surface area contributed by atoms with Crippen molar-refractivity contribution in [3.05, 3.63) is 90.0 Å². The molecule has 0 unspecified atom stereocenters. The molecule has 5 heteroatoms. The number of allylic oxidation sites excluding steroid dienone is 1. The van der Waals surface area contributed by atoms with E-state index in [-0.39, 0.29) is 11.5 Å². The van der Waals surface area contributed by atoms with Crippen molar-refractivity contribution in [1.82, 2.24) is 4.90 Å². The summed E-state index contributed by atoms with van der Waals surface area (Å²) in [6, 6.07) is 25.3. The van der Waals surface area contributed by atoms with Gasteiger partial charge < -0.3 is 19.7 Å². The molecule has 0 saturated heterocycles. The predicted molar refractivity (Wildman–Crippen MR) is 161 cm³/mol. The topological polar surface area (TPSA) is 50.8 Å². The quantitative estimate of drug-likeness (QED) is 0.221. The van der Waals surface area contributed by atoms with E-state index in [4.69, 9.17) is 9.47 Å². The van der Waals surface area contributed by atoms with Crippen molar-refractivity contribution in [3.8, 4) is 11.5 Å². The van der Waals surface area contributed by atoms with Crippen LogP contribution < -0.4 is 14.8 Å². The summed E-state index contributed by atoms with van der Waals surface area (Å²) in [5.41, 5.74) is 3.94. The van der Waals surface area contributed by atoms with Gasteiger partial charge in [-0.2, -0.15) is 0 Å². The van der Waals surface area contributed by atoms with Gasteiger partial charge in [0.1, 0.15) is 23.7 Å². The minimum atomic E-state index is -0.293. The Morgan fingerprint density at radius 3 is 1.92 bits per heavy atom. The zero-order chi connectivity index (χ0) is 28.1. The maximum absolute atomic E-state index is 13.7. The molecule has 1 amide bonds. The van der Waals surface area contributed by atoms with Gasteiger partial charge in [-0.1, -0.05) is 63.2 Å². The number of likely N-dealkylation sites (N-methyl/N-ethyl adjacent to an activating group) is 1. The highest BCUT2D eigenvalue weighted by atomic mass is 16.5. The molecular weight excluding hydrogens is 472 g/mol. The molecule has 0 atom stereocenters. The van der Waals surface area contributed by atoms with Gasteiger partial charge in [0.25, 0.3) is 5.91 Å². The predicted octanol–water partition coefficient (Wildman–Crippen LogP) is 7.79. The highest BCUT2D eigenvalue weighted by molar-refractivity contribution is 6.31. The molecule has 3 aromatic rings. The maximum atomic E-state index is 13.7. The van der Waals surface area contributed by atoms with E-state index in [0.29, 0.717) is 24.3 Å². The van der Waals surface area contributed by atoms with Gasteiger partial charge in [0.05, 0.1) is 5.57 Å². The van der Waals surface area contributed by atoms with Gasteiger partial charge in [0.2, 0.25) is 0 Å². The van der Waals surface area contributed by atoms with Crippen LogP contribution in [0.5, 0.6) is 11.5 Å². The number of amides is 1. The van der Waals surface area contributed by atoms with Gasteiger partial charge in [-0.15, -0.1) is 0 Å². The average Bonchev–Trinajstić information content (AvgIpc) is 2.89. The van der Waals surface area contributed by atoms with Crippen molar-refractivity contribution in [3.63, 3.8) is 0 Å². The van der Waals surface area contributed by atoms with Crippen LogP contribution in [0.15, 0.2) is 78.9 Å². The van der Waals surface area contributed by atoms with Gasteiger partial charge in [-0.05, 0) is 94.4 Å². The fraction of sp³-hybridized carbons (Fsp3) is 0.364. The fourth-order valence-electron chi connectivity index (χ4n) is 3.82. The Bertz CT molecular complexity index is 1140. The molecule has 0 radical (unpaired) electrons. The summed E-state index contributed by atoms with van der Waals surface area (Å²) in [7, 11) is 4.02. The Balaban J connectivity index is 0.00000247. The van der Waals surface area contributed by atoms with E-state index in [2.05, 4.69) is 17.1 Å². The summed E-state index contributed by atoms with van der Waals surface area (Å²) < 4.78 is 11.8. The molecule has 3 rings (SSSR count). The smallest absolute Gasteiger partial charge is 0.256 e. The van der Waals surface area contributed by atoms with E-state index in [0.717, 1.165) is 34.7 Å². The van der Waals surface area contributed by atoms with E-state index >= 15 is 0 Å². The van der Waals surface area contributed by atoms with Crippen LogP contribution in [0.1, 0.15) is 59.1 Å². The Hall–Kier alpha value is -3.57. The number of anilines is 1. The van der Waals surface area contributed by atoms with E-state index in [1.165, 1.54) is 0 Å². The fourth-order valence-corrected chi connectivity index (χ4v) is 3.82. The van der Waals surface area contributed by atoms with Crippen molar-refractivity contribution in [2.45, 2.75) is 53.6 Å². The zero-order valence-electron chi connectivity index (χ0n) is 24.3. The van der Waals surface area contributed by atoms with Crippen LogP contribution in [0.2, 0.25) is 0 Å². The molecule has 0 aromatic heterocycles. The average molecular weight is 517 g/mol. The summed E-state index contributed by atoms with van der Waals surface area (Å²) in [6.07, 6.45) is 0.714. The highest BCUT2D eigenvalue weighted by Gasteiger charge is 2.19. The Kier molecular flexibility index (Phi) is 12.1. The van der Waals surface area contributed by atoms with Crippen LogP contribution in [0.4, 0.5) is 5.69 Å². The zero-order valence-corrected chi connectivity index (χ0v) is 24.3. The van der Waals surface area contributed by atoms with E-state index in [1.807, 2.05) is 128 Å². The summed E-state index contributed by atoms with van der Waals surface area (Å²) in [6.45, 7) is 13.6. The first-order valence-corrected chi connectivity index (χ1v) is 13.4. The van der Waals surface area contributed by atoms with Crippen molar-refractivity contribution in [2.24, 2.45) is 0 Å². The van der Waals surface area contributed by atoms with Gasteiger partial charge in [0.15, 0.2) is 0 Å². The highest BCUT2D eigenvalue weighted by Crippen LogP contribution is 2.32. The van der Waals surface area contributed by atoms with Crippen LogP contribution in [-0.2, 0) is 4.79 Å². The van der Waals surface area contributed by atoms with E-state index in [1.54, 1.807) is 0 Å². The number of nitrogens with one attached hydrogen (secondary N) is 1. The molecule has 0 aliphatic rings. The maximum Gasteiger partial charge on any atom is 0.256 e. The summed E-state index contributed by atoms with van der Waals surface area (Å²) in [5.74, 6) is 1.40. The van der Waals surface area contributed by atoms with Crippen LogP contribution in [-0.4, -0.2) is 43.7 Å². The Morgan fingerprint density at radius 2 is 1.39 bits per heavy atom. The largest absolute Gasteiger partial charge is 0.492 e. The summed E-state index contributed by atoms with van der Waals surface area (Å²) >= 11 is 0. The normalized spacial score (nSPS) is 11.7. The SMILES string of the molecule is CC.CC/C(=C(\C(=O)Nc1ccc(OCCN(C)C)cc1)c1ccc(OC(C)(C)C)cc1)c1ccccc1. The van der Waals surface area contributed by atoms with Crippen LogP contribution in [0, 0.1) is 0 Å². The molecule has 1 N–H and O–H groups in total. The molecule has 0 spiro atoms. The van der Waals surface area contributed by atoms with Crippen LogP contribution >= 0.6 is 0 Å². The number of benzene rings is 3. The van der Waals surface area contributed by atoms with E-state index < -0.39 is 0 Å². The van der Waals surface area contributed by atoms with Crippen molar-refractivity contribution in [1.29, 1.82) is 0 Å². The molecule has 0 heterocycles. The molecule has 0 aliphatic heterocycles. The van der Waals surface area contributed by atoms with Crippen molar-refractivity contribution >= 4 is 22.7 Å². The number of nitrogens with zero attached hydrogens (tertiary/aromatic N) is 1. The molecule has 0 saturated carbocycles. The molecule has 0 fully saturated rings. The second-order valence-corrected chi connectivity index (χ2v) is 9.94. The Morgan fingerprint density at radius 1 is 0.816 bits per heavy atom. The lowest BCUT2D eigenvalue weighted by atomic mass is 9.92. The second-order valence-electron chi connectivity index (χ2n) is 9.94. The summed E-state index contributed by atoms with van der Waals surface area (Å²) in [5, 5.41) is 3.09. The van der Waals surface area contributed by atoms with E-state index in [9.17, 15) is 4.79 Å². The standard InChI is InChI=1S/C31H38N2O3.C2H6/c1-7-28(23-11-9-8-10-12-23)29(24-13-17-27(18-14-24)36-31(2,3)4)30(34)32-25-15-19-26(20-16-25)35-22-21-33(5)6;1-2/h8-20H,7,21-22H2,1-6H3,(H,32,34);1-2H3/b29-28+;. The third-order valence-corrected chi connectivity index (χ3v) is 5.49. The number of hydrogen-bond acceptors (Lipinski definition) is 4. The molecule has 3 aromatic carbocycles. The molecule has 5 nitrogen and oxygen atoms in total. The third kappa shape index (κ3) is 9.71. The molecular formula is C33H44N2O3. The monoisotopic (exact) mass is 516 g/mol. The number of ether oxygens (including phenoxy) is 2. The second kappa shape index (κ2) is 15.0. The van der Waals surface area contributed by atoms with Gasteiger partial charge >= 0.3 is 0 Å². The molecule has 0 bridgehead atoms. The lowest BCUT2D eigenvalue weighted by Gasteiger charge is -2.22. The van der Waals surface area contributed by atoms with Crippen LogP contribution in [0.3, 0.4) is 0 Å². The molecule has 38 heavy (non-hydrogen) atoms. The summed E-state index contributed by atoms with van der Waals surface area (Å²) in [4.78, 5) is 15.8. The van der Waals surface area contributed by atoms with Crippen molar-refractivity contribution in [2.75, 3.05) is 32.6 Å². The first kappa shape index (κ1) is 30.7. The number of carbonyl (C=O) groups excluding carboxylic acids is 1. The third-order valence-electron chi connectivity index (χ3n) is 5.49. The van der Waals surface area contributed by atoms with Gasteiger partial charge in [0, 0.05) is 12.2 Å². The van der Waals surface area contributed by atoms with Gasteiger partial charge in [-0.25, -0.2) is 0 Å². The minimum Gasteiger partial charge on any atom is -0.492 e. The first-order valence-electron chi connectivity index (χ1n) is 13.4. The molecule has 0 aliphatic carbocycles. The number of hydrogen-bond donors (Lipinski definition) is 1. The van der Waals surface area contributed by atoms with Crippen molar-refractivity contribution < 1.29 is 14.3 Å². The number of rotatable bonds is 10. The lowest BCUT2D eigenvalue weighted by molar-refractivity contribution is -0.111. The first-order chi connectivity index (χ1) is 18.2.